The lowest BCUT2D eigenvalue weighted by Gasteiger charge is -2.17. The fourth-order valence-corrected chi connectivity index (χ4v) is 3.38. The number of methoxy groups -OCH3 is 1. The van der Waals surface area contributed by atoms with Gasteiger partial charge in [0.25, 0.3) is 0 Å². The average Bonchev–Trinajstić information content (AvgIpc) is 2.53. The van der Waals surface area contributed by atoms with Gasteiger partial charge in [-0.1, -0.05) is 34.1 Å². The molecule has 2 aromatic carbocycles. The Bertz CT molecular complexity index is 559. The highest BCUT2D eigenvalue weighted by molar-refractivity contribution is 9.10. The van der Waals surface area contributed by atoms with Gasteiger partial charge in [-0.2, -0.15) is 0 Å². The fourth-order valence-electron chi connectivity index (χ4n) is 2.11. The molecule has 0 aliphatic heterocycles. The first-order chi connectivity index (χ1) is 10.2. The predicted molar refractivity (Wildman–Crippen MR) is 94.4 cm³/mol. The van der Waals surface area contributed by atoms with Crippen LogP contribution in [-0.4, -0.2) is 26.0 Å². The zero-order valence-electron chi connectivity index (χ0n) is 12.3. The van der Waals surface area contributed by atoms with Crippen molar-refractivity contribution >= 4 is 27.7 Å². The lowest BCUT2D eigenvalue weighted by atomic mass is 10.1. The molecular formula is C17H20BrNOS. The van der Waals surface area contributed by atoms with E-state index in [4.69, 9.17) is 4.74 Å². The Morgan fingerprint density at radius 2 is 1.86 bits per heavy atom. The lowest BCUT2D eigenvalue weighted by molar-refractivity contribution is 0.407. The predicted octanol–water partition coefficient (Wildman–Crippen LogP) is 4.38. The van der Waals surface area contributed by atoms with Crippen molar-refractivity contribution in [2.75, 3.05) is 19.9 Å². The molecule has 0 aliphatic rings. The average molecular weight is 366 g/mol. The minimum atomic E-state index is 0.412. The van der Waals surface area contributed by atoms with E-state index in [2.05, 4.69) is 57.6 Å². The number of hydrogen-bond donors (Lipinski definition) is 1. The van der Waals surface area contributed by atoms with Gasteiger partial charge in [0, 0.05) is 21.2 Å². The van der Waals surface area contributed by atoms with Gasteiger partial charge < -0.3 is 10.1 Å². The molecule has 1 N–H and O–H groups in total. The van der Waals surface area contributed by atoms with Crippen LogP contribution in [0.2, 0.25) is 0 Å². The normalized spacial score (nSPS) is 12.1. The highest BCUT2D eigenvalue weighted by Gasteiger charge is 2.11. The van der Waals surface area contributed by atoms with Gasteiger partial charge >= 0.3 is 0 Å². The Hall–Kier alpha value is -0.970. The Kier molecular flexibility index (Phi) is 6.61. The second kappa shape index (κ2) is 8.47. The second-order valence-electron chi connectivity index (χ2n) is 4.77. The maximum Gasteiger partial charge on any atom is 0.122 e. The first kappa shape index (κ1) is 16.4. The minimum absolute atomic E-state index is 0.412. The van der Waals surface area contributed by atoms with E-state index < -0.39 is 0 Å². The Balaban J connectivity index is 1.95. The smallest absolute Gasteiger partial charge is 0.122 e. The Morgan fingerprint density at radius 1 is 1.14 bits per heavy atom. The molecule has 0 bridgehead atoms. The molecule has 2 aromatic rings. The van der Waals surface area contributed by atoms with E-state index in [-0.39, 0.29) is 0 Å². The van der Waals surface area contributed by atoms with Crippen LogP contribution in [0.1, 0.15) is 5.56 Å². The van der Waals surface area contributed by atoms with E-state index in [9.17, 15) is 0 Å². The van der Waals surface area contributed by atoms with E-state index in [1.54, 1.807) is 7.11 Å². The van der Waals surface area contributed by atoms with E-state index >= 15 is 0 Å². The van der Waals surface area contributed by atoms with Crippen molar-refractivity contribution in [1.82, 2.24) is 5.32 Å². The number of thioether (sulfide) groups is 1. The molecule has 1 atom stereocenters. The van der Waals surface area contributed by atoms with Gasteiger partial charge in [-0.15, -0.1) is 11.8 Å². The van der Waals surface area contributed by atoms with Crippen molar-refractivity contribution in [3.05, 3.63) is 58.6 Å². The summed E-state index contributed by atoms with van der Waals surface area (Å²) < 4.78 is 6.54. The summed E-state index contributed by atoms with van der Waals surface area (Å²) in [5.74, 6) is 1.99. The molecular weight excluding hydrogens is 346 g/mol. The molecule has 0 aliphatic carbocycles. The summed E-state index contributed by atoms with van der Waals surface area (Å²) in [6.45, 7) is 0. The molecule has 4 heteroatoms. The van der Waals surface area contributed by atoms with Gasteiger partial charge in [0.15, 0.2) is 0 Å². The van der Waals surface area contributed by atoms with Gasteiger partial charge in [0.05, 0.1) is 7.11 Å². The summed E-state index contributed by atoms with van der Waals surface area (Å²) in [7, 11) is 3.74. The van der Waals surface area contributed by atoms with E-state index in [1.807, 2.05) is 30.9 Å². The molecule has 0 aromatic heterocycles. The molecule has 0 fully saturated rings. The van der Waals surface area contributed by atoms with E-state index in [1.165, 1.54) is 10.5 Å². The topological polar surface area (TPSA) is 21.3 Å². The SMILES string of the molecule is CNC(CSc1ccc(Br)cc1)Cc1ccccc1OC. The standard InChI is InChI=1S/C17H20BrNOS/c1-19-15(11-13-5-3-4-6-17(13)20-2)12-21-16-9-7-14(18)8-10-16/h3-10,15,19H,11-12H2,1-2H3. The summed E-state index contributed by atoms with van der Waals surface area (Å²) in [6.07, 6.45) is 0.962. The van der Waals surface area contributed by atoms with Gasteiger partial charge in [-0.3, -0.25) is 0 Å². The monoisotopic (exact) mass is 365 g/mol. The van der Waals surface area contributed by atoms with Crippen molar-refractivity contribution in [1.29, 1.82) is 0 Å². The van der Waals surface area contributed by atoms with Crippen LogP contribution in [0.25, 0.3) is 0 Å². The van der Waals surface area contributed by atoms with Crippen LogP contribution in [0.15, 0.2) is 57.9 Å². The quantitative estimate of drug-likeness (QED) is 0.735. The summed E-state index contributed by atoms with van der Waals surface area (Å²) in [4.78, 5) is 1.29. The minimum Gasteiger partial charge on any atom is -0.496 e. The number of ether oxygens (including phenoxy) is 1. The molecule has 0 saturated heterocycles. The van der Waals surface area contributed by atoms with Crippen LogP contribution in [0, 0.1) is 0 Å². The molecule has 112 valence electrons. The number of benzene rings is 2. The Labute approximate surface area is 139 Å². The third-order valence-electron chi connectivity index (χ3n) is 3.33. The maximum absolute atomic E-state index is 5.43. The zero-order chi connectivity index (χ0) is 15.1. The fraction of sp³-hybridized carbons (Fsp3) is 0.294. The first-order valence-corrected chi connectivity index (χ1v) is 8.68. The highest BCUT2D eigenvalue weighted by Crippen LogP contribution is 2.24. The Morgan fingerprint density at radius 3 is 2.52 bits per heavy atom. The van der Waals surface area contributed by atoms with Crippen molar-refractivity contribution < 1.29 is 4.74 Å². The van der Waals surface area contributed by atoms with Gasteiger partial charge in [0.2, 0.25) is 0 Å². The molecule has 2 rings (SSSR count). The molecule has 0 saturated carbocycles. The molecule has 0 radical (unpaired) electrons. The highest BCUT2D eigenvalue weighted by atomic mass is 79.9. The summed E-state index contributed by atoms with van der Waals surface area (Å²) in [6, 6.07) is 17.1. The van der Waals surface area contributed by atoms with Crippen LogP contribution in [-0.2, 0) is 6.42 Å². The summed E-state index contributed by atoms with van der Waals surface area (Å²) >= 11 is 5.33. The third kappa shape index (κ3) is 5.06. The van der Waals surface area contributed by atoms with Crippen LogP contribution in [0.4, 0.5) is 0 Å². The summed E-state index contributed by atoms with van der Waals surface area (Å²) in [5, 5.41) is 3.40. The summed E-state index contributed by atoms with van der Waals surface area (Å²) in [5.41, 5.74) is 1.25. The first-order valence-electron chi connectivity index (χ1n) is 6.90. The van der Waals surface area contributed by atoms with Gasteiger partial charge in [-0.25, -0.2) is 0 Å². The van der Waals surface area contributed by atoms with E-state index in [0.29, 0.717) is 6.04 Å². The lowest BCUT2D eigenvalue weighted by Crippen LogP contribution is -2.30. The van der Waals surface area contributed by atoms with Gasteiger partial charge in [0.1, 0.15) is 5.75 Å². The number of hydrogen-bond acceptors (Lipinski definition) is 3. The van der Waals surface area contributed by atoms with Crippen molar-refractivity contribution in [2.24, 2.45) is 0 Å². The van der Waals surface area contributed by atoms with Crippen LogP contribution in [0.5, 0.6) is 5.75 Å². The van der Waals surface area contributed by atoms with Crippen molar-refractivity contribution in [3.63, 3.8) is 0 Å². The third-order valence-corrected chi connectivity index (χ3v) is 5.04. The van der Waals surface area contributed by atoms with Crippen LogP contribution in [0.3, 0.4) is 0 Å². The number of para-hydroxylation sites is 1. The second-order valence-corrected chi connectivity index (χ2v) is 6.78. The largest absolute Gasteiger partial charge is 0.496 e. The van der Waals surface area contributed by atoms with Crippen molar-refractivity contribution in [2.45, 2.75) is 17.4 Å². The number of halogens is 1. The van der Waals surface area contributed by atoms with E-state index in [0.717, 1.165) is 22.4 Å². The van der Waals surface area contributed by atoms with Crippen LogP contribution >= 0.6 is 27.7 Å². The number of likely N-dealkylation sites (N-methyl/N-ethyl adjacent to an activating group) is 1. The molecule has 2 nitrogen and oxygen atoms in total. The molecule has 0 amide bonds. The number of rotatable bonds is 7. The number of nitrogens with one attached hydrogen (secondary N) is 1. The van der Waals surface area contributed by atoms with Crippen LogP contribution < -0.4 is 10.1 Å². The molecule has 0 heterocycles. The zero-order valence-corrected chi connectivity index (χ0v) is 14.7. The van der Waals surface area contributed by atoms with Crippen molar-refractivity contribution in [3.8, 4) is 5.75 Å². The molecule has 21 heavy (non-hydrogen) atoms. The molecule has 0 spiro atoms. The molecule has 1 unspecified atom stereocenters. The maximum atomic E-state index is 5.43. The van der Waals surface area contributed by atoms with Gasteiger partial charge in [-0.05, 0) is 49.4 Å².